The predicted octanol–water partition coefficient (Wildman–Crippen LogP) is 2.89. The quantitative estimate of drug-likeness (QED) is 0.789. The molecule has 1 aromatic heterocycles. The Kier molecular flexibility index (Phi) is 4.12. The van der Waals surface area contributed by atoms with Gasteiger partial charge in [0.05, 0.1) is 5.56 Å². The number of hydrogen-bond acceptors (Lipinski definition) is 3. The van der Waals surface area contributed by atoms with Crippen LogP contribution in [-0.4, -0.2) is 23.9 Å². The predicted molar refractivity (Wildman–Crippen MR) is 50.4 cm³/mol. The molecule has 0 aliphatic heterocycles. The highest BCUT2D eigenvalue weighted by atomic mass is 35.5. The van der Waals surface area contributed by atoms with Gasteiger partial charge in [0.25, 0.3) is 0 Å². The molecule has 0 aliphatic carbocycles. The Morgan fingerprint density at radius 3 is 2.71 bits per heavy atom. The van der Waals surface area contributed by atoms with Crippen molar-refractivity contribution in [1.29, 1.82) is 5.26 Å². The van der Waals surface area contributed by atoms with Crippen molar-refractivity contribution in [2.45, 2.75) is 12.3 Å². The van der Waals surface area contributed by atoms with E-state index in [9.17, 15) is 17.6 Å². The van der Waals surface area contributed by atoms with E-state index in [1.54, 1.807) is 6.07 Å². The molecule has 1 heterocycles. The Labute approximate surface area is 98.6 Å². The Hall–Kier alpha value is -1.55. The van der Waals surface area contributed by atoms with Crippen LogP contribution in [0.2, 0.25) is 5.02 Å². The number of rotatable bonds is 4. The lowest BCUT2D eigenvalue weighted by molar-refractivity contribution is -0.148. The largest absolute Gasteiger partial charge is 0.470 e. The highest BCUT2D eigenvalue weighted by Crippen LogP contribution is 2.28. The molecule has 0 atom stereocenters. The number of alkyl halides is 4. The minimum atomic E-state index is -4.30. The lowest BCUT2D eigenvalue weighted by atomic mass is 10.3. The summed E-state index contributed by atoms with van der Waals surface area (Å²) in [6.07, 6.45) is -2.75. The Morgan fingerprint density at radius 1 is 1.53 bits per heavy atom. The minimum absolute atomic E-state index is 0.0444. The van der Waals surface area contributed by atoms with Crippen LogP contribution in [-0.2, 0) is 0 Å². The summed E-state index contributed by atoms with van der Waals surface area (Å²) in [6, 6.07) is 2.90. The van der Waals surface area contributed by atoms with Crippen molar-refractivity contribution in [3.63, 3.8) is 0 Å². The number of nitrogens with zero attached hydrogens (tertiary/aromatic N) is 2. The maximum absolute atomic E-state index is 12.5. The van der Waals surface area contributed by atoms with E-state index in [1.807, 2.05) is 0 Å². The number of ether oxygens (including phenoxy) is 1. The van der Waals surface area contributed by atoms with Crippen LogP contribution in [0.3, 0.4) is 0 Å². The van der Waals surface area contributed by atoms with E-state index in [0.717, 1.165) is 6.20 Å². The van der Waals surface area contributed by atoms with Crippen LogP contribution >= 0.6 is 11.6 Å². The van der Waals surface area contributed by atoms with Crippen molar-refractivity contribution in [3.8, 4) is 11.9 Å². The zero-order valence-electron chi connectivity index (χ0n) is 8.13. The van der Waals surface area contributed by atoms with Gasteiger partial charge in [-0.2, -0.15) is 14.0 Å². The highest BCUT2D eigenvalue weighted by Gasteiger charge is 2.42. The van der Waals surface area contributed by atoms with Crippen LogP contribution in [0.1, 0.15) is 5.56 Å². The molecule has 0 bridgehead atoms. The van der Waals surface area contributed by atoms with Gasteiger partial charge in [-0.1, -0.05) is 11.6 Å². The van der Waals surface area contributed by atoms with Crippen LogP contribution in [0.25, 0.3) is 0 Å². The van der Waals surface area contributed by atoms with E-state index in [4.69, 9.17) is 16.9 Å². The molecule has 8 heteroatoms. The standard InChI is InChI=1S/C9H5ClF4N2O/c10-6-5(3-15)1-2-16-7(6)17-4-9(13,14)8(11)12/h1-2,8H,4H2. The summed E-state index contributed by atoms with van der Waals surface area (Å²) in [5.74, 6) is -4.78. The molecular formula is C9H5ClF4N2O. The van der Waals surface area contributed by atoms with Gasteiger partial charge in [-0.25, -0.2) is 13.8 Å². The first kappa shape index (κ1) is 13.5. The van der Waals surface area contributed by atoms with Crippen molar-refractivity contribution < 1.29 is 22.3 Å². The van der Waals surface area contributed by atoms with Gasteiger partial charge in [0.2, 0.25) is 5.88 Å². The lowest BCUT2D eigenvalue weighted by Gasteiger charge is -2.15. The van der Waals surface area contributed by atoms with Crippen LogP contribution in [0, 0.1) is 11.3 Å². The van der Waals surface area contributed by atoms with Crippen LogP contribution in [0.5, 0.6) is 5.88 Å². The molecule has 17 heavy (non-hydrogen) atoms. The fraction of sp³-hybridized carbons (Fsp3) is 0.333. The van der Waals surface area contributed by atoms with E-state index in [1.165, 1.54) is 6.07 Å². The van der Waals surface area contributed by atoms with Gasteiger partial charge in [-0.3, -0.25) is 0 Å². The zero-order chi connectivity index (χ0) is 13.1. The summed E-state index contributed by atoms with van der Waals surface area (Å²) in [5, 5.41) is 8.28. The molecule has 0 spiro atoms. The molecule has 0 fully saturated rings. The first-order valence-electron chi connectivity index (χ1n) is 4.22. The van der Waals surface area contributed by atoms with E-state index < -0.39 is 24.8 Å². The second kappa shape index (κ2) is 5.19. The van der Waals surface area contributed by atoms with Gasteiger partial charge in [-0.05, 0) is 6.07 Å². The SMILES string of the molecule is N#Cc1ccnc(OCC(F)(F)C(F)F)c1Cl. The fourth-order valence-corrected chi connectivity index (χ4v) is 1.05. The molecule has 0 unspecified atom stereocenters. The molecule has 0 saturated heterocycles. The maximum Gasteiger partial charge on any atom is 0.340 e. The van der Waals surface area contributed by atoms with Crippen molar-refractivity contribution in [2.75, 3.05) is 6.61 Å². The van der Waals surface area contributed by atoms with Gasteiger partial charge < -0.3 is 4.74 Å². The monoisotopic (exact) mass is 268 g/mol. The van der Waals surface area contributed by atoms with Gasteiger partial charge in [-0.15, -0.1) is 0 Å². The van der Waals surface area contributed by atoms with E-state index in [2.05, 4.69) is 9.72 Å². The van der Waals surface area contributed by atoms with E-state index >= 15 is 0 Å². The number of aromatic nitrogens is 1. The smallest absolute Gasteiger partial charge is 0.340 e. The van der Waals surface area contributed by atoms with Gasteiger partial charge in [0, 0.05) is 6.20 Å². The number of pyridine rings is 1. The molecular weight excluding hydrogens is 264 g/mol. The van der Waals surface area contributed by atoms with Gasteiger partial charge >= 0.3 is 12.3 Å². The first-order valence-corrected chi connectivity index (χ1v) is 4.59. The third-order valence-corrected chi connectivity index (χ3v) is 2.06. The second-order valence-electron chi connectivity index (χ2n) is 2.94. The average Bonchev–Trinajstić information content (AvgIpc) is 2.27. The topological polar surface area (TPSA) is 45.9 Å². The van der Waals surface area contributed by atoms with Crippen molar-refractivity contribution in [2.24, 2.45) is 0 Å². The molecule has 0 aliphatic rings. The molecule has 1 rings (SSSR count). The van der Waals surface area contributed by atoms with Crippen LogP contribution in [0.15, 0.2) is 12.3 Å². The Morgan fingerprint density at radius 2 is 2.18 bits per heavy atom. The number of hydrogen-bond donors (Lipinski definition) is 0. The highest BCUT2D eigenvalue weighted by molar-refractivity contribution is 6.32. The van der Waals surface area contributed by atoms with Crippen molar-refractivity contribution in [3.05, 3.63) is 22.8 Å². The molecule has 1 aromatic rings. The molecule has 0 amide bonds. The van der Waals surface area contributed by atoms with Crippen LogP contribution < -0.4 is 4.74 Å². The summed E-state index contributed by atoms with van der Waals surface area (Å²) < 4.78 is 53.1. The number of halogens is 5. The Balaban J connectivity index is 2.81. The fourth-order valence-electron chi connectivity index (χ4n) is 0.839. The van der Waals surface area contributed by atoms with E-state index in [0.29, 0.717) is 0 Å². The summed E-state index contributed by atoms with van der Waals surface area (Å²) in [4.78, 5) is 3.47. The summed E-state index contributed by atoms with van der Waals surface area (Å²) in [5.41, 5.74) is -0.0444. The molecule has 0 saturated carbocycles. The molecule has 0 radical (unpaired) electrons. The molecule has 0 aromatic carbocycles. The maximum atomic E-state index is 12.5. The minimum Gasteiger partial charge on any atom is -0.470 e. The number of nitriles is 1. The van der Waals surface area contributed by atoms with Crippen molar-refractivity contribution in [1.82, 2.24) is 4.98 Å². The molecule has 0 N–H and O–H groups in total. The normalized spacial score (nSPS) is 11.4. The van der Waals surface area contributed by atoms with Gasteiger partial charge in [0.1, 0.15) is 11.1 Å². The Bertz CT molecular complexity index is 447. The third kappa shape index (κ3) is 3.20. The zero-order valence-corrected chi connectivity index (χ0v) is 8.89. The van der Waals surface area contributed by atoms with Crippen LogP contribution in [0.4, 0.5) is 17.6 Å². The van der Waals surface area contributed by atoms with E-state index in [-0.39, 0.29) is 10.6 Å². The lowest BCUT2D eigenvalue weighted by Crippen LogP contribution is -2.34. The third-order valence-electron chi connectivity index (χ3n) is 1.70. The first-order chi connectivity index (χ1) is 7.88. The van der Waals surface area contributed by atoms with Gasteiger partial charge in [0.15, 0.2) is 6.61 Å². The molecule has 92 valence electrons. The summed E-state index contributed by atoms with van der Waals surface area (Å²) in [6.45, 7) is -1.56. The molecule has 3 nitrogen and oxygen atoms in total. The summed E-state index contributed by atoms with van der Waals surface area (Å²) >= 11 is 5.57. The summed E-state index contributed by atoms with van der Waals surface area (Å²) in [7, 11) is 0. The second-order valence-corrected chi connectivity index (χ2v) is 3.32. The van der Waals surface area contributed by atoms with Crippen molar-refractivity contribution >= 4 is 11.6 Å². The average molecular weight is 269 g/mol.